The highest BCUT2D eigenvalue weighted by molar-refractivity contribution is 7.92. The van der Waals surface area contributed by atoms with Gasteiger partial charge in [-0.15, -0.1) is 0 Å². The lowest BCUT2D eigenvalue weighted by Crippen LogP contribution is -2.48. The van der Waals surface area contributed by atoms with E-state index in [1.54, 1.807) is 6.07 Å². The van der Waals surface area contributed by atoms with Crippen LogP contribution >= 0.6 is 23.2 Å². The molecule has 2 aromatic carbocycles. The molecule has 2 aromatic rings. The van der Waals surface area contributed by atoms with Crippen molar-refractivity contribution < 1.29 is 17.9 Å². The molecule has 0 bridgehead atoms. The molecule has 6 nitrogen and oxygen atoms in total. The molecule has 0 heterocycles. The van der Waals surface area contributed by atoms with Crippen LogP contribution in [0.5, 0.6) is 5.75 Å². The summed E-state index contributed by atoms with van der Waals surface area (Å²) in [6.45, 7) is 4.09. The summed E-state index contributed by atoms with van der Waals surface area (Å²) in [6, 6.07) is 11.2. The molecule has 30 heavy (non-hydrogen) atoms. The van der Waals surface area contributed by atoms with Crippen LogP contribution in [0.15, 0.2) is 42.5 Å². The first-order chi connectivity index (χ1) is 14.1. The van der Waals surface area contributed by atoms with Crippen LogP contribution in [0.4, 0.5) is 5.69 Å². The number of ether oxygens (including phenoxy) is 1. The number of halogens is 2. The standard InChI is InChI=1S/C21H26Cl2N2O4S/c1-4-5-16-6-9-18(10-7-16)29-13-12-24-21(26)15(2)25(30(3,27)28)20-14-17(22)8-11-19(20)23/h6-11,14-15H,4-5,12-13H2,1-3H3,(H,24,26)/t15-/m1/s1. The van der Waals surface area contributed by atoms with Crippen molar-refractivity contribution in [2.24, 2.45) is 0 Å². The summed E-state index contributed by atoms with van der Waals surface area (Å²) in [5.74, 6) is 0.235. The lowest BCUT2D eigenvalue weighted by Gasteiger charge is -2.29. The van der Waals surface area contributed by atoms with Crippen LogP contribution in [0.1, 0.15) is 25.8 Å². The number of anilines is 1. The first kappa shape index (κ1) is 24.3. The number of nitrogens with zero attached hydrogens (tertiary/aromatic N) is 1. The Morgan fingerprint density at radius 2 is 1.83 bits per heavy atom. The number of hydrogen-bond acceptors (Lipinski definition) is 4. The Labute approximate surface area is 188 Å². The van der Waals surface area contributed by atoms with Gasteiger partial charge in [-0.25, -0.2) is 8.42 Å². The quantitative estimate of drug-likeness (QED) is 0.523. The Balaban J connectivity index is 1.98. The second kappa shape index (κ2) is 10.9. The van der Waals surface area contributed by atoms with E-state index < -0.39 is 22.0 Å². The van der Waals surface area contributed by atoms with Crippen molar-refractivity contribution in [2.75, 3.05) is 23.7 Å². The summed E-state index contributed by atoms with van der Waals surface area (Å²) < 4.78 is 31.3. The van der Waals surface area contributed by atoms with Crippen molar-refractivity contribution in [3.8, 4) is 5.75 Å². The van der Waals surface area contributed by atoms with Crippen molar-refractivity contribution in [3.05, 3.63) is 58.1 Å². The number of carbonyl (C=O) groups excluding carboxylic acids is 1. The van der Waals surface area contributed by atoms with Crippen molar-refractivity contribution >= 4 is 44.8 Å². The number of carbonyl (C=O) groups is 1. The fraction of sp³-hybridized carbons (Fsp3) is 0.381. The van der Waals surface area contributed by atoms with Gasteiger partial charge in [0, 0.05) is 5.02 Å². The van der Waals surface area contributed by atoms with Crippen LogP contribution in [-0.2, 0) is 21.2 Å². The number of amides is 1. The van der Waals surface area contributed by atoms with Crippen molar-refractivity contribution in [2.45, 2.75) is 32.7 Å². The zero-order valence-electron chi connectivity index (χ0n) is 17.2. The molecule has 0 aliphatic carbocycles. The topological polar surface area (TPSA) is 75.7 Å². The minimum absolute atomic E-state index is 0.151. The second-order valence-electron chi connectivity index (χ2n) is 6.86. The fourth-order valence-electron chi connectivity index (χ4n) is 2.97. The van der Waals surface area contributed by atoms with Gasteiger partial charge in [0.15, 0.2) is 0 Å². The van der Waals surface area contributed by atoms with Crippen LogP contribution in [0.3, 0.4) is 0 Å². The van der Waals surface area contributed by atoms with Gasteiger partial charge in [-0.05, 0) is 49.2 Å². The lowest BCUT2D eigenvalue weighted by atomic mass is 10.1. The Morgan fingerprint density at radius 1 is 1.17 bits per heavy atom. The van der Waals surface area contributed by atoms with E-state index >= 15 is 0 Å². The average molecular weight is 473 g/mol. The minimum Gasteiger partial charge on any atom is -0.492 e. The predicted octanol–water partition coefficient (Wildman–Crippen LogP) is 4.30. The van der Waals surface area contributed by atoms with E-state index in [1.165, 1.54) is 24.6 Å². The molecule has 164 valence electrons. The SMILES string of the molecule is CCCc1ccc(OCCNC(=O)[C@@H](C)N(c2cc(Cl)ccc2Cl)S(C)(=O)=O)cc1. The van der Waals surface area contributed by atoms with Gasteiger partial charge in [-0.1, -0.05) is 48.7 Å². The highest BCUT2D eigenvalue weighted by atomic mass is 35.5. The highest BCUT2D eigenvalue weighted by Crippen LogP contribution is 2.32. The van der Waals surface area contributed by atoms with E-state index in [9.17, 15) is 13.2 Å². The van der Waals surface area contributed by atoms with Crippen LogP contribution in [-0.4, -0.2) is 39.8 Å². The minimum atomic E-state index is -3.79. The monoisotopic (exact) mass is 472 g/mol. The molecule has 0 unspecified atom stereocenters. The van der Waals surface area contributed by atoms with Gasteiger partial charge in [-0.3, -0.25) is 9.10 Å². The van der Waals surface area contributed by atoms with Gasteiger partial charge in [0.1, 0.15) is 18.4 Å². The summed E-state index contributed by atoms with van der Waals surface area (Å²) >= 11 is 12.1. The third-order valence-electron chi connectivity index (χ3n) is 4.37. The Bertz CT molecular complexity index is 965. The van der Waals surface area contributed by atoms with Crippen LogP contribution in [0.2, 0.25) is 10.0 Å². The molecule has 0 saturated carbocycles. The van der Waals surface area contributed by atoms with Gasteiger partial charge in [0.05, 0.1) is 23.5 Å². The Kier molecular flexibility index (Phi) is 8.82. The Morgan fingerprint density at radius 3 is 2.43 bits per heavy atom. The van der Waals surface area contributed by atoms with Gasteiger partial charge in [0.2, 0.25) is 15.9 Å². The largest absolute Gasteiger partial charge is 0.492 e. The highest BCUT2D eigenvalue weighted by Gasteiger charge is 2.30. The number of nitrogens with one attached hydrogen (secondary N) is 1. The zero-order chi connectivity index (χ0) is 22.3. The molecule has 1 amide bonds. The smallest absolute Gasteiger partial charge is 0.243 e. The molecule has 0 fully saturated rings. The number of sulfonamides is 1. The van der Waals surface area contributed by atoms with Crippen LogP contribution < -0.4 is 14.4 Å². The molecule has 0 aromatic heterocycles. The van der Waals surface area contributed by atoms with E-state index in [4.69, 9.17) is 27.9 Å². The third kappa shape index (κ3) is 6.79. The molecule has 0 aliphatic rings. The van der Waals surface area contributed by atoms with Crippen LogP contribution in [0, 0.1) is 0 Å². The normalized spacial score (nSPS) is 12.3. The first-order valence-corrected chi connectivity index (χ1v) is 12.2. The number of hydrogen-bond donors (Lipinski definition) is 1. The van der Waals surface area contributed by atoms with Crippen LogP contribution in [0.25, 0.3) is 0 Å². The first-order valence-electron chi connectivity index (χ1n) is 9.57. The molecule has 0 aliphatic heterocycles. The molecular weight excluding hydrogens is 447 g/mol. The number of aryl methyl sites for hydroxylation is 1. The second-order valence-corrected chi connectivity index (χ2v) is 9.57. The van der Waals surface area contributed by atoms with Gasteiger partial charge >= 0.3 is 0 Å². The van der Waals surface area contributed by atoms with Crippen molar-refractivity contribution in [1.82, 2.24) is 5.32 Å². The van der Waals surface area contributed by atoms with Gasteiger partial charge in [-0.2, -0.15) is 0 Å². The molecule has 1 atom stereocenters. The maximum Gasteiger partial charge on any atom is 0.243 e. The maximum absolute atomic E-state index is 12.6. The van der Waals surface area contributed by atoms with E-state index in [2.05, 4.69) is 12.2 Å². The maximum atomic E-state index is 12.6. The summed E-state index contributed by atoms with van der Waals surface area (Å²) in [7, 11) is -3.79. The van der Waals surface area contributed by atoms with Gasteiger partial charge < -0.3 is 10.1 Å². The lowest BCUT2D eigenvalue weighted by molar-refractivity contribution is -0.121. The van der Waals surface area contributed by atoms with E-state index in [1.807, 2.05) is 24.3 Å². The summed E-state index contributed by atoms with van der Waals surface area (Å²) in [6.07, 6.45) is 3.11. The molecule has 0 spiro atoms. The third-order valence-corrected chi connectivity index (χ3v) is 6.15. The summed E-state index contributed by atoms with van der Waals surface area (Å²) in [5, 5.41) is 3.19. The average Bonchev–Trinajstić information content (AvgIpc) is 2.68. The molecule has 0 radical (unpaired) electrons. The van der Waals surface area contributed by atoms with E-state index in [-0.39, 0.29) is 23.9 Å². The van der Waals surface area contributed by atoms with E-state index in [0.29, 0.717) is 10.8 Å². The molecule has 9 heteroatoms. The van der Waals surface area contributed by atoms with Crippen molar-refractivity contribution in [1.29, 1.82) is 0 Å². The number of rotatable bonds is 10. The predicted molar refractivity (Wildman–Crippen MR) is 122 cm³/mol. The molecule has 0 saturated heterocycles. The number of benzene rings is 2. The molecule has 1 N–H and O–H groups in total. The molecule has 2 rings (SSSR count). The van der Waals surface area contributed by atoms with Crippen molar-refractivity contribution in [3.63, 3.8) is 0 Å². The summed E-state index contributed by atoms with van der Waals surface area (Å²) in [5.41, 5.74) is 1.39. The Hall–Kier alpha value is -1.96. The zero-order valence-corrected chi connectivity index (χ0v) is 19.5. The van der Waals surface area contributed by atoms with Gasteiger partial charge in [0.25, 0.3) is 0 Å². The molecular formula is C21H26Cl2N2O4S. The van der Waals surface area contributed by atoms with E-state index in [0.717, 1.165) is 23.4 Å². The summed E-state index contributed by atoms with van der Waals surface area (Å²) in [4.78, 5) is 12.6. The fourth-order valence-corrected chi connectivity index (χ4v) is 4.57.